The number of nitrogens with two attached hydrogens (primary N) is 1. The molecule has 420 valence electrons. The summed E-state index contributed by atoms with van der Waals surface area (Å²) < 4.78 is 6.40. The first-order chi connectivity index (χ1) is 39.0. The molecule has 13 rings (SSSR count). The van der Waals surface area contributed by atoms with Gasteiger partial charge in [-0.25, -0.2) is 9.59 Å². The van der Waals surface area contributed by atoms with E-state index in [1.165, 1.54) is 20.9 Å². The van der Waals surface area contributed by atoms with Gasteiger partial charge < -0.3 is 25.2 Å². The lowest BCUT2D eigenvalue weighted by Gasteiger charge is -2.28. The van der Waals surface area contributed by atoms with E-state index in [0.717, 1.165) is 84.5 Å². The van der Waals surface area contributed by atoms with Crippen molar-refractivity contribution in [2.75, 3.05) is 81.6 Å². The summed E-state index contributed by atoms with van der Waals surface area (Å²) >= 11 is 6.88. The minimum Gasteiger partial charge on any atom is -0.386 e. The third kappa shape index (κ3) is 12.6. The maximum atomic E-state index is 13.1. The zero-order valence-corrected chi connectivity index (χ0v) is 49.0. The molecule has 0 aliphatic carbocycles. The number of halogens is 2. The number of cyclic esters (lactones) is 2. The Morgan fingerprint density at radius 2 is 0.890 bits per heavy atom. The molecule has 4 amide bonds. The molecule has 2 N–H and O–H groups in total. The van der Waals surface area contributed by atoms with Crippen molar-refractivity contribution in [2.24, 2.45) is 15.7 Å². The number of benzene rings is 8. The molecule has 0 saturated heterocycles. The number of imide groups is 2. The van der Waals surface area contributed by atoms with Gasteiger partial charge in [0, 0.05) is 111 Å². The summed E-state index contributed by atoms with van der Waals surface area (Å²) in [4.78, 5) is 92.1. The second-order valence-corrected chi connectivity index (χ2v) is 22.2. The first kappa shape index (κ1) is 60.2. The van der Waals surface area contributed by atoms with Crippen LogP contribution in [0.4, 0.5) is 11.4 Å². The molecule has 8 aromatic rings. The van der Waals surface area contributed by atoms with Gasteiger partial charge in [-0.2, -0.15) is 0 Å². The minimum atomic E-state index is -0.582. The highest BCUT2D eigenvalue weighted by atomic mass is 79.9. The zero-order chi connectivity index (χ0) is 57.6. The number of carbonyl (C=O) groups is 6. The highest BCUT2D eigenvalue weighted by Crippen LogP contribution is 2.38. The van der Waals surface area contributed by atoms with Crippen LogP contribution in [0.15, 0.2) is 158 Å². The number of aliphatic imine (C=N–C) groups is 2. The van der Waals surface area contributed by atoms with E-state index in [1.54, 1.807) is 36.4 Å². The van der Waals surface area contributed by atoms with E-state index in [1.807, 2.05) is 149 Å². The number of amides is 4. The number of likely N-dealkylation sites (N-methyl/N-ethyl adjacent to an activating group) is 3. The predicted octanol–water partition coefficient (Wildman–Crippen LogP) is 11.4. The summed E-state index contributed by atoms with van der Waals surface area (Å²) in [6, 6.07) is 43.8. The van der Waals surface area contributed by atoms with Gasteiger partial charge in [-0.05, 0) is 130 Å². The molecular formula is C65H64Br2N8O7. The van der Waals surface area contributed by atoms with Crippen molar-refractivity contribution in [1.29, 1.82) is 0 Å². The van der Waals surface area contributed by atoms with Crippen LogP contribution in [-0.4, -0.2) is 154 Å². The molecule has 0 saturated carbocycles. The van der Waals surface area contributed by atoms with E-state index < -0.39 is 11.9 Å². The Labute approximate surface area is 494 Å². The number of fused-ring (bicyclic) bond motifs is 2. The van der Waals surface area contributed by atoms with E-state index in [-0.39, 0.29) is 31.1 Å². The van der Waals surface area contributed by atoms with Crippen molar-refractivity contribution in [2.45, 2.75) is 20.3 Å². The van der Waals surface area contributed by atoms with Crippen LogP contribution < -0.4 is 5.73 Å². The smallest absolute Gasteiger partial charge is 0.346 e. The van der Waals surface area contributed by atoms with E-state index in [2.05, 4.69) is 58.6 Å². The summed E-state index contributed by atoms with van der Waals surface area (Å²) in [5.41, 5.74) is 15.1. The van der Waals surface area contributed by atoms with Gasteiger partial charge in [-0.1, -0.05) is 118 Å². The molecule has 0 fully saturated rings. The predicted molar refractivity (Wildman–Crippen MR) is 334 cm³/mol. The summed E-state index contributed by atoms with van der Waals surface area (Å²) in [6.45, 7) is 3.81. The number of nitrogens with zero attached hydrogens (tertiary/aromatic N) is 7. The molecule has 0 radical (unpaired) electrons. The van der Waals surface area contributed by atoms with Crippen LogP contribution >= 0.6 is 31.9 Å². The van der Waals surface area contributed by atoms with Crippen molar-refractivity contribution in [1.82, 2.24) is 24.5 Å². The molecular weight excluding hydrogens is 1160 g/mol. The van der Waals surface area contributed by atoms with Gasteiger partial charge in [-0.15, -0.1) is 0 Å². The van der Waals surface area contributed by atoms with Crippen LogP contribution in [0.2, 0.25) is 0 Å². The quantitative estimate of drug-likeness (QED) is 0.0826. The van der Waals surface area contributed by atoms with Gasteiger partial charge in [0.05, 0.1) is 28.2 Å². The fraction of sp³-hybridized carbons (Fsp3) is 0.231. The molecule has 5 heterocycles. The molecule has 0 aromatic heterocycles. The lowest BCUT2D eigenvalue weighted by molar-refractivity contribution is 0.0388. The first-order valence-electron chi connectivity index (χ1n) is 26.3. The summed E-state index contributed by atoms with van der Waals surface area (Å²) in [5.74, 6) is -2.02. The second kappa shape index (κ2) is 26.3. The molecule has 17 heteroatoms. The van der Waals surface area contributed by atoms with Crippen LogP contribution in [0.5, 0.6) is 0 Å². The lowest BCUT2D eigenvalue weighted by atomic mass is 9.89. The van der Waals surface area contributed by atoms with Crippen molar-refractivity contribution < 1.29 is 33.5 Å². The van der Waals surface area contributed by atoms with E-state index in [4.69, 9.17) is 10.7 Å². The van der Waals surface area contributed by atoms with E-state index in [0.29, 0.717) is 64.9 Å². The monoisotopic (exact) mass is 1230 g/mol. The van der Waals surface area contributed by atoms with Crippen LogP contribution in [0.3, 0.4) is 0 Å². The van der Waals surface area contributed by atoms with Crippen molar-refractivity contribution >= 4 is 123 Å². The molecule has 5 aliphatic rings. The fourth-order valence-corrected chi connectivity index (χ4v) is 10.9. The van der Waals surface area contributed by atoms with Crippen LogP contribution in [0, 0.1) is 0 Å². The summed E-state index contributed by atoms with van der Waals surface area (Å²) in [6.07, 6.45) is 3.71. The largest absolute Gasteiger partial charge is 0.386 e. The molecule has 0 bridgehead atoms. The number of para-hydroxylation sites is 2. The number of ether oxygens (including phenoxy) is 1. The molecule has 15 nitrogen and oxygen atoms in total. The highest BCUT2D eigenvalue weighted by molar-refractivity contribution is 9.11. The summed E-state index contributed by atoms with van der Waals surface area (Å²) in [7, 11) is 11.7. The van der Waals surface area contributed by atoms with Gasteiger partial charge in [0.25, 0.3) is 23.6 Å². The Hall–Kier alpha value is -7.90. The van der Waals surface area contributed by atoms with Crippen molar-refractivity contribution in [3.8, 4) is 0 Å². The van der Waals surface area contributed by atoms with E-state index in [9.17, 15) is 28.8 Å². The van der Waals surface area contributed by atoms with Crippen LogP contribution in [0.25, 0.3) is 32.3 Å². The average Bonchev–Trinajstić information content (AvgIpc) is 3.32. The number of esters is 2. The minimum absolute atomic E-state index is 0. The third-order valence-corrected chi connectivity index (χ3v) is 15.5. The van der Waals surface area contributed by atoms with E-state index >= 15 is 0 Å². The molecule has 0 spiro atoms. The number of rotatable bonds is 9. The third-order valence-electron chi connectivity index (χ3n) is 14.1. The van der Waals surface area contributed by atoms with Gasteiger partial charge in [0.2, 0.25) is 0 Å². The Morgan fingerprint density at radius 3 is 1.39 bits per heavy atom. The van der Waals surface area contributed by atoms with Gasteiger partial charge in [0.15, 0.2) is 0 Å². The number of hydrogen-bond donors (Lipinski definition) is 1. The summed E-state index contributed by atoms with van der Waals surface area (Å²) in [5, 5.41) is 4.83. The Bertz CT molecular complexity index is 3830. The standard InChI is InChI=1S/C24H21N3O2.C16H15BrN2O2.C12H5BrO3.C8H7N.C4H12N2.CH4/c1-26(2)12-13-27-23(28)18-8-5-7-17-16(10-11-19(22(17)18)24(27)29)21-14-15-6-3-4-9-20(15)25-21;1-18(2)8-9-19-15(20)11-5-3-4-10-13(17)7-6-12(14(10)11)16(19)21;13-9-5-4-8-10-6(9)2-1-3-7(10)11(14)16-12(8)15;1-2-4-8-7(3-1)5-6-9-8;1-6(2)4-3-5;/h3-11H,12-14H2,1-2H3;3-7H,8-9H2,1-2H3;1-5H;1-4,6H,5H2;3-5H2,1-2H3;1H4. The fourth-order valence-electron chi connectivity index (χ4n) is 10.0. The normalized spacial score (nSPS) is 14.1. The molecule has 0 unspecified atom stereocenters. The van der Waals surface area contributed by atoms with Gasteiger partial charge in [0.1, 0.15) is 0 Å². The molecule has 0 atom stereocenters. The maximum Gasteiger partial charge on any atom is 0.346 e. The average molecular weight is 1230 g/mol. The van der Waals surface area contributed by atoms with Gasteiger partial charge >= 0.3 is 11.9 Å². The second-order valence-electron chi connectivity index (χ2n) is 20.4. The lowest BCUT2D eigenvalue weighted by Crippen LogP contribution is -2.43. The van der Waals surface area contributed by atoms with Crippen LogP contribution in [-0.2, 0) is 17.6 Å². The molecule has 8 aromatic carbocycles. The molecule has 82 heavy (non-hydrogen) atoms. The van der Waals surface area contributed by atoms with Gasteiger partial charge in [-0.3, -0.25) is 39.0 Å². The Morgan fingerprint density at radius 1 is 0.476 bits per heavy atom. The van der Waals surface area contributed by atoms with Crippen LogP contribution in [0.1, 0.15) is 86.3 Å². The zero-order valence-electron chi connectivity index (χ0n) is 45.8. The van der Waals surface area contributed by atoms with Crippen molar-refractivity contribution in [3.05, 3.63) is 199 Å². The van der Waals surface area contributed by atoms with Crippen molar-refractivity contribution in [3.63, 3.8) is 0 Å². The highest BCUT2D eigenvalue weighted by Gasteiger charge is 2.35. The number of hydrogen-bond acceptors (Lipinski definition) is 13. The first-order valence-corrected chi connectivity index (χ1v) is 27.9. The Kier molecular flexibility index (Phi) is 19.3. The Balaban J connectivity index is 0.000000146. The number of carbonyl (C=O) groups excluding carboxylic acids is 6. The molecule has 5 aliphatic heterocycles. The SMILES string of the molecule is C.C1=Nc2ccccc2C1.CN(C)CCN.CN(C)CCN1C(=O)c2cccc3c(Br)ccc(c23)C1=O.CN(C)CCN1C(=O)c2cccc3c(C4=Nc5ccccc5C4)ccc(c23)C1=O.O=C1OC(=O)c2ccc(Br)c3cccc1c23. The maximum absolute atomic E-state index is 13.1. The topological polar surface area (TPSA) is 179 Å².